The summed E-state index contributed by atoms with van der Waals surface area (Å²) < 4.78 is 0. The summed E-state index contributed by atoms with van der Waals surface area (Å²) in [5, 5.41) is 0. The summed E-state index contributed by atoms with van der Waals surface area (Å²) in [4.78, 5) is 58.7. The minimum Gasteiger partial charge on any atom is -0.335 e. The van der Waals surface area contributed by atoms with Gasteiger partial charge >= 0.3 is 17.1 Å². The van der Waals surface area contributed by atoms with Crippen molar-refractivity contribution in [3.63, 3.8) is 0 Å². The van der Waals surface area contributed by atoms with Gasteiger partial charge in [0, 0.05) is 44.8 Å². The van der Waals surface area contributed by atoms with Gasteiger partial charge in [0.15, 0.2) is 0 Å². The smallest absolute Gasteiger partial charge is 0.320 e. The van der Waals surface area contributed by atoms with Crippen molar-refractivity contribution >= 4 is 23.0 Å². The first kappa shape index (κ1) is 18.3. The number of nitrogens with one attached hydrogen (secondary N) is 2. The maximum atomic E-state index is 12.8. The van der Waals surface area contributed by atoms with Crippen molar-refractivity contribution in [3.8, 4) is 0 Å². The Bertz CT molecular complexity index is 1010. The average molecular weight is 385 g/mol. The van der Waals surface area contributed by atoms with Crippen molar-refractivity contribution in [1.29, 1.82) is 0 Å². The molecule has 1 aromatic heterocycles. The topological polar surface area (TPSA) is 110 Å². The highest BCUT2D eigenvalue weighted by atomic mass is 16.2. The second kappa shape index (κ2) is 7.49. The van der Waals surface area contributed by atoms with E-state index in [4.69, 9.17) is 0 Å². The Morgan fingerprint density at radius 3 is 1.96 bits per heavy atom. The highest BCUT2D eigenvalue weighted by molar-refractivity contribution is 5.97. The van der Waals surface area contributed by atoms with E-state index in [1.165, 1.54) is 6.42 Å². The number of aromatic amines is 2. The summed E-state index contributed by atoms with van der Waals surface area (Å²) in [7, 11) is 0. The molecule has 0 bridgehead atoms. The van der Waals surface area contributed by atoms with E-state index in [1.807, 2.05) is 9.80 Å². The van der Waals surface area contributed by atoms with Gasteiger partial charge in [-0.1, -0.05) is 0 Å². The molecule has 0 aliphatic carbocycles. The van der Waals surface area contributed by atoms with Crippen LogP contribution in [0.2, 0.25) is 0 Å². The molecule has 2 aliphatic heterocycles. The van der Waals surface area contributed by atoms with E-state index in [9.17, 15) is 19.2 Å². The lowest BCUT2D eigenvalue weighted by molar-refractivity contribution is 0.0633. The molecule has 148 valence electrons. The fraction of sp³-hybridized carbons (Fsp3) is 0.474. The third kappa shape index (κ3) is 3.51. The molecular weight excluding hydrogens is 362 g/mol. The number of carbonyl (C=O) groups excluding carboxylic acids is 2. The predicted octanol–water partition coefficient (Wildman–Crippen LogP) is 0.580. The molecule has 9 heteroatoms. The van der Waals surface area contributed by atoms with Gasteiger partial charge in [-0.25, -0.2) is 4.79 Å². The van der Waals surface area contributed by atoms with Gasteiger partial charge in [-0.3, -0.25) is 14.4 Å². The van der Waals surface area contributed by atoms with Crippen LogP contribution in [-0.4, -0.2) is 75.9 Å². The minimum atomic E-state index is -0.748. The molecule has 3 heterocycles. The fourth-order valence-electron chi connectivity index (χ4n) is 3.82. The molecule has 3 amide bonds. The van der Waals surface area contributed by atoms with Crippen molar-refractivity contribution in [1.82, 2.24) is 24.7 Å². The van der Waals surface area contributed by atoms with Crippen LogP contribution in [0, 0.1) is 0 Å². The number of aromatic nitrogens is 2. The Morgan fingerprint density at radius 1 is 0.714 bits per heavy atom. The third-order valence-electron chi connectivity index (χ3n) is 5.43. The third-order valence-corrected chi connectivity index (χ3v) is 5.43. The van der Waals surface area contributed by atoms with Crippen molar-refractivity contribution < 1.29 is 9.59 Å². The molecule has 2 fully saturated rings. The van der Waals surface area contributed by atoms with E-state index in [1.54, 1.807) is 23.1 Å². The van der Waals surface area contributed by atoms with Gasteiger partial charge in [0.25, 0.3) is 5.91 Å². The number of piperazine rings is 1. The number of piperidine rings is 1. The summed E-state index contributed by atoms with van der Waals surface area (Å²) in [5.74, 6) is -0.154. The lowest BCUT2D eigenvalue weighted by Crippen LogP contribution is -2.54. The normalized spacial score (nSPS) is 17.8. The monoisotopic (exact) mass is 385 g/mol. The zero-order valence-corrected chi connectivity index (χ0v) is 15.6. The first-order chi connectivity index (χ1) is 13.5. The van der Waals surface area contributed by atoms with Gasteiger partial charge in [-0.05, 0) is 37.5 Å². The van der Waals surface area contributed by atoms with E-state index >= 15 is 0 Å². The Hall–Kier alpha value is -3.10. The van der Waals surface area contributed by atoms with Gasteiger partial charge in [0.05, 0.1) is 11.0 Å². The molecule has 2 aliphatic rings. The zero-order chi connectivity index (χ0) is 19.7. The van der Waals surface area contributed by atoms with E-state index in [0.717, 1.165) is 25.9 Å². The maximum absolute atomic E-state index is 12.8. The number of amides is 3. The van der Waals surface area contributed by atoms with Gasteiger partial charge in [-0.15, -0.1) is 0 Å². The summed E-state index contributed by atoms with van der Waals surface area (Å²) in [6, 6.07) is 4.87. The molecule has 0 spiro atoms. The van der Waals surface area contributed by atoms with Crippen molar-refractivity contribution in [3.05, 3.63) is 44.5 Å². The van der Waals surface area contributed by atoms with Crippen molar-refractivity contribution in [2.75, 3.05) is 39.3 Å². The van der Waals surface area contributed by atoms with Crippen LogP contribution in [-0.2, 0) is 0 Å². The number of urea groups is 1. The average Bonchev–Trinajstić information content (AvgIpc) is 2.74. The lowest BCUT2D eigenvalue weighted by atomic mass is 10.1. The number of rotatable bonds is 1. The Morgan fingerprint density at radius 2 is 1.29 bits per heavy atom. The molecule has 0 radical (unpaired) electrons. The predicted molar refractivity (Wildman–Crippen MR) is 103 cm³/mol. The van der Waals surface area contributed by atoms with E-state index in [0.29, 0.717) is 42.8 Å². The number of hydrogen-bond donors (Lipinski definition) is 2. The van der Waals surface area contributed by atoms with Crippen LogP contribution in [0.4, 0.5) is 4.79 Å². The molecule has 28 heavy (non-hydrogen) atoms. The molecule has 0 unspecified atom stereocenters. The van der Waals surface area contributed by atoms with Crippen LogP contribution in [0.3, 0.4) is 0 Å². The number of hydrogen-bond acceptors (Lipinski definition) is 4. The van der Waals surface area contributed by atoms with Crippen LogP contribution in [0.25, 0.3) is 11.0 Å². The van der Waals surface area contributed by atoms with Gasteiger partial charge in [0.1, 0.15) is 0 Å². The molecule has 0 saturated carbocycles. The van der Waals surface area contributed by atoms with Crippen LogP contribution < -0.4 is 11.1 Å². The van der Waals surface area contributed by atoms with Gasteiger partial charge in [-0.2, -0.15) is 0 Å². The van der Waals surface area contributed by atoms with Crippen LogP contribution >= 0.6 is 0 Å². The standard InChI is InChI=1S/C19H23N5O4/c25-16-17(26)21-15-12-13(4-5-14(15)20-16)18(27)22-8-10-24(11-9-22)19(28)23-6-2-1-3-7-23/h4-5,12H,1-3,6-11H2,(H,20,25)(H,21,26). The SMILES string of the molecule is O=C(c1ccc2[nH]c(=O)c(=O)[nH]c2c1)N1CCN(C(=O)N2CCCCC2)CC1. The summed E-state index contributed by atoms with van der Waals surface area (Å²) in [6.07, 6.45) is 3.29. The number of H-pyrrole nitrogens is 2. The molecule has 9 nitrogen and oxygen atoms in total. The van der Waals surface area contributed by atoms with Crippen LogP contribution in [0.5, 0.6) is 0 Å². The molecule has 2 aromatic rings. The number of likely N-dealkylation sites (tertiary alicyclic amines) is 1. The lowest BCUT2D eigenvalue weighted by Gasteiger charge is -2.38. The first-order valence-corrected chi connectivity index (χ1v) is 9.62. The van der Waals surface area contributed by atoms with Crippen LogP contribution in [0.15, 0.2) is 27.8 Å². The second-order valence-electron chi connectivity index (χ2n) is 7.28. The van der Waals surface area contributed by atoms with E-state index in [2.05, 4.69) is 9.97 Å². The molecule has 2 N–H and O–H groups in total. The van der Waals surface area contributed by atoms with Crippen LogP contribution in [0.1, 0.15) is 29.6 Å². The second-order valence-corrected chi connectivity index (χ2v) is 7.28. The largest absolute Gasteiger partial charge is 0.335 e. The Labute approximate surface area is 160 Å². The minimum absolute atomic E-state index is 0.0685. The van der Waals surface area contributed by atoms with E-state index < -0.39 is 11.1 Å². The number of carbonyl (C=O) groups is 2. The van der Waals surface area contributed by atoms with Crippen molar-refractivity contribution in [2.45, 2.75) is 19.3 Å². The highest BCUT2D eigenvalue weighted by Crippen LogP contribution is 2.16. The Kier molecular flexibility index (Phi) is 4.89. The van der Waals surface area contributed by atoms with E-state index in [-0.39, 0.29) is 11.9 Å². The quantitative estimate of drug-likeness (QED) is 0.700. The van der Waals surface area contributed by atoms with Crippen molar-refractivity contribution in [2.24, 2.45) is 0 Å². The molecule has 2 saturated heterocycles. The van der Waals surface area contributed by atoms with Gasteiger partial charge in [0.2, 0.25) is 0 Å². The summed E-state index contributed by atoms with van der Waals surface area (Å²) in [5.41, 5.74) is -0.151. The van der Waals surface area contributed by atoms with Gasteiger partial charge < -0.3 is 24.7 Å². The number of nitrogens with zero attached hydrogens (tertiary/aromatic N) is 3. The molecule has 4 rings (SSSR count). The first-order valence-electron chi connectivity index (χ1n) is 9.62. The maximum Gasteiger partial charge on any atom is 0.320 e. The fourth-order valence-corrected chi connectivity index (χ4v) is 3.82. The zero-order valence-electron chi connectivity index (χ0n) is 15.6. The number of benzene rings is 1. The summed E-state index contributed by atoms with van der Waals surface area (Å²) >= 11 is 0. The number of fused-ring (bicyclic) bond motifs is 1. The summed E-state index contributed by atoms with van der Waals surface area (Å²) in [6.45, 7) is 3.60. The molecular formula is C19H23N5O4. The molecule has 1 aromatic carbocycles. The Balaban J connectivity index is 1.43. The highest BCUT2D eigenvalue weighted by Gasteiger charge is 2.28. The molecule has 0 atom stereocenters.